The molecule has 2 aromatic rings. The van der Waals surface area contributed by atoms with Crippen molar-refractivity contribution in [3.05, 3.63) is 65.2 Å². The second kappa shape index (κ2) is 7.42. The van der Waals surface area contributed by atoms with Crippen LogP contribution in [0.3, 0.4) is 0 Å². The molecule has 0 saturated carbocycles. The van der Waals surface area contributed by atoms with Crippen LogP contribution < -0.4 is 5.32 Å². The Labute approximate surface area is 145 Å². The zero-order valence-corrected chi connectivity index (χ0v) is 14.0. The van der Waals surface area contributed by atoms with Crippen LogP contribution in [0.1, 0.15) is 47.6 Å². The van der Waals surface area contributed by atoms with E-state index in [-0.39, 0.29) is 17.9 Å². The smallest absolute Gasteiger partial charge is 0.254 e. The van der Waals surface area contributed by atoms with Gasteiger partial charge in [0, 0.05) is 19.0 Å². The predicted molar refractivity (Wildman–Crippen MR) is 91.2 cm³/mol. The third-order valence-electron chi connectivity index (χ3n) is 4.27. The zero-order valence-electron chi connectivity index (χ0n) is 14.0. The van der Waals surface area contributed by atoms with E-state index in [1.807, 2.05) is 18.2 Å². The first-order chi connectivity index (χ1) is 12.0. The second-order valence-corrected chi connectivity index (χ2v) is 6.13. The molecule has 1 atom stereocenters. The molecule has 0 aliphatic carbocycles. The topological polar surface area (TPSA) is 62.3 Å². The summed E-state index contributed by atoms with van der Waals surface area (Å²) in [4.78, 5) is 30.2. The zero-order chi connectivity index (χ0) is 17.8. The van der Waals surface area contributed by atoms with E-state index in [0.717, 1.165) is 24.2 Å². The van der Waals surface area contributed by atoms with Gasteiger partial charge in [-0.3, -0.25) is 14.6 Å². The van der Waals surface area contributed by atoms with E-state index in [2.05, 4.69) is 10.3 Å². The number of rotatable bonds is 4. The molecule has 1 fully saturated rings. The summed E-state index contributed by atoms with van der Waals surface area (Å²) in [6, 6.07) is 11.2. The van der Waals surface area contributed by atoms with Gasteiger partial charge in [-0.2, -0.15) is 0 Å². The molecule has 2 amide bonds. The quantitative estimate of drug-likeness (QED) is 0.930. The van der Waals surface area contributed by atoms with Gasteiger partial charge in [-0.15, -0.1) is 0 Å². The molecule has 1 aromatic carbocycles. The van der Waals surface area contributed by atoms with Gasteiger partial charge in [0.05, 0.1) is 24.0 Å². The minimum atomic E-state index is -0.419. The summed E-state index contributed by atoms with van der Waals surface area (Å²) in [6.45, 7) is 2.44. The monoisotopic (exact) mass is 341 g/mol. The Balaban J connectivity index is 1.80. The van der Waals surface area contributed by atoms with Crippen molar-refractivity contribution >= 4 is 11.8 Å². The number of hydrogen-bond acceptors (Lipinski definition) is 3. The van der Waals surface area contributed by atoms with Crippen molar-refractivity contribution in [3.63, 3.8) is 0 Å². The predicted octanol–water partition coefficient (Wildman–Crippen LogP) is 2.83. The first kappa shape index (κ1) is 17.1. The van der Waals surface area contributed by atoms with E-state index in [9.17, 15) is 14.0 Å². The van der Waals surface area contributed by atoms with E-state index < -0.39 is 5.82 Å². The molecule has 0 spiro atoms. The Morgan fingerprint density at radius 2 is 2.08 bits per heavy atom. The summed E-state index contributed by atoms with van der Waals surface area (Å²) in [6.07, 6.45) is 1.70. The number of hydrogen-bond donors (Lipinski definition) is 1. The van der Waals surface area contributed by atoms with Gasteiger partial charge in [-0.05, 0) is 43.2 Å². The Morgan fingerprint density at radius 1 is 1.28 bits per heavy atom. The first-order valence-electron chi connectivity index (χ1n) is 8.31. The van der Waals surface area contributed by atoms with Crippen LogP contribution >= 0.6 is 0 Å². The van der Waals surface area contributed by atoms with Crippen molar-refractivity contribution < 1.29 is 14.0 Å². The number of amides is 2. The number of pyridine rings is 1. The fraction of sp³-hybridized carbons (Fsp3) is 0.316. The Bertz CT molecular complexity index is 794. The van der Waals surface area contributed by atoms with Crippen LogP contribution in [0, 0.1) is 5.82 Å². The standard InChI is InChI=1S/C19H20FN3O2/c1-13(24)21-12-16-7-3-8-17(22-16)18-9-4-10-23(18)19(25)14-5-2-6-15(20)11-14/h2-3,5-8,11,18H,4,9-10,12H2,1H3,(H,21,24). The first-order valence-corrected chi connectivity index (χ1v) is 8.31. The SMILES string of the molecule is CC(=O)NCc1cccc(C2CCCN2C(=O)c2cccc(F)c2)n1. The van der Waals surface area contributed by atoms with Gasteiger partial charge in [-0.25, -0.2) is 4.39 Å². The molecule has 2 heterocycles. The molecule has 1 N–H and O–H groups in total. The lowest BCUT2D eigenvalue weighted by atomic mass is 10.1. The maximum Gasteiger partial charge on any atom is 0.254 e. The molecule has 0 radical (unpaired) electrons. The van der Waals surface area contributed by atoms with Crippen LogP contribution in [0.15, 0.2) is 42.5 Å². The summed E-state index contributed by atoms with van der Waals surface area (Å²) < 4.78 is 13.4. The minimum Gasteiger partial charge on any atom is -0.351 e. The molecule has 5 nitrogen and oxygen atoms in total. The molecule has 25 heavy (non-hydrogen) atoms. The molecular formula is C19H20FN3O2. The van der Waals surface area contributed by atoms with Gasteiger partial charge in [0.2, 0.25) is 5.91 Å². The van der Waals surface area contributed by atoms with Gasteiger partial charge in [0.25, 0.3) is 5.91 Å². The van der Waals surface area contributed by atoms with E-state index in [1.165, 1.54) is 19.1 Å². The highest BCUT2D eigenvalue weighted by molar-refractivity contribution is 5.94. The number of carbonyl (C=O) groups is 2. The normalized spacial score (nSPS) is 16.7. The average Bonchev–Trinajstić information content (AvgIpc) is 3.09. The van der Waals surface area contributed by atoms with Crippen LogP contribution in [-0.4, -0.2) is 28.2 Å². The van der Waals surface area contributed by atoms with Crippen molar-refractivity contribution in [2.75, 3.05) is 6.54 Å². The van der Waals surface area contributed by atoms with Crippen molar-refractivity contribution in [2.45, 2.75) is 32.4 Å². The van der Waals surface area contributed by atoms with Gasteiger partial charge in [0.1, 0.15) is 5.82 Å². The molecule has 1 aliphatic rings. The van der Waals surface area contributed by atoms with Crippen molar-refractivity contribution in [2.24, 2.45) is 0 Å². The maximum atomic E-state index is 13.4. The molecule has 1 unspecified atom stereocenters. The van der Waals surface area contributed by atoms with Crippen LogP contribution in [0.4, 0.5) is 4.39 Å². The number of nitrogens with zero attached hydrogens (tertiary/aromatic N) is 2. The van der Waals surface area contributed by atoms with Gasteiger partial charge >= 0.3 is 0 Å². The molecule has 6 heteroatoms. The summed E-state index contributed by atoms with van der Waals surface area (Å²) in [5, 5.41) is 2.72. The third-order valence-corrected chi connectivity index (χ3v) is 4.27. The lowest BCUT2D eigenvalue weighted by Gasteiger charge is -2.25. The molecular weight excluding hydrogens is 321 g/mol. The number of halogens is 1. The van der Waals surface area contributed by atoms with Crippen LogP contribution in [-0.2, 0) is 11.3 Å². The summed E-state index contributed by atoms with van der Waals surface area (Å²) in [7, 11) is 0. The molecule has 3 rings (SSSR count). The maximum absolute atomic E-state index is 13.4. The third kappa shape index (κ3) is 4.02. The van der Waals surface area contributed by atoms with Crippen LogP contribution in [0.5, 0.6) is 0 Å². The van der Waals surface area contributed by atoms with Crippen LogP contribution in [0.2, 0.25) is 0 Å². The molecule has 1 saturated heterocycles. The summed E-state index contributed by atoms with van der Waals surface area (Å²) >= 11 is 0. The number of nitrogens with one attached hydrogen (secondary N) is 1. The van der Waals surface area contributed by atoms with E-state index >= 15 is 0 Å². The molecule has 130 valence electrons. The molecule has 1 aromatic heterocycles. The summed E-state index contributed by atoms with van der Waals surface area (Å²) in [5.74, 6) is -0.718. The number of carbonyl (C=O) groups excluding carboxylic acids is 2. The fourth-order valence-electron chi connectivity index (χ4n) is 3.10. The Hall–Kier alpha value is -2.76. The van der Waals surface area contributed by atoms with Crippen molar-refractivity contribution in [3.8, 4) is 0 Å². The highest BCUT2D eigenvalue weighted by atomic mass is 19.1. The number of aromatic nitrogens is 1. The second-order valence-electron chi connectivity index (χ2n) is 6.13. The minimum absolute atomic E-state index is 0.115. The van der Waals surface area contributed by atoms with Crippen molar-refractivity contribution in [1.29, 1.82) is 0 Å². The lowest BCUT2D eigenvalue weighted by Crippen LogP contribution is -2.31. The highest BCUT2D eigenvalue weighted by Crippen LogP contribution is 2.32. The van der Waals surface area contributed by atoms with E-state index in [1.54, 1.807) is 17.0 Å². The van der Waals surface area contributed by atoms with Crippen molar-refractivity contribution in [1.82, 2.24) is 15.2 Å². The largest absolute Gasteiger partial charge is 0.351 e. The van der Waals surface area contributed by atoms with Gasteiger partial charge < -0.3 is 10.2 Å². The number of likely N-dealkylation sites (tertiary alicyclic amines) is 1. The Morgan fingerprint density at radius 3 is 2.84 bits per heavy atom. The van der Waals surface area contributed by atoms with E-state index in [4.69, 9.17) is 0 Å². The number of benzene rings is 1. The van der Waals surface area contributed by atoms with Gasteiger partial charge in [-0.1, -0.05) is 12.1 Å². The lowest BCUT2D eigenvalue weighted by molar-refractivity contribution is -0.119. The van der Waals surface area contributed by atoms with E-state index in [0.29, 0.717) is 18.7 Å². The fourth-order valence-corrected chi connectivity index (χ4v) is 3.10. The van der Waals surface area contributed by atoms with Gasteiger partial charge in [0.15, 0.2) is 0 Å². The molecule has 1 aliphatic heterocycles. The summed E-state index contributed by atoms with van der Waals surface area (Å²) in [5.41, 5.74) is 1.89. The van der Waals surface area contributed by atoms with Crippen LogP contribution in [0.25, 0.3) is 0 Å². The highest BCUT2D eigenvalue weighted by Gasteiger charge is 2.31. The average molecular weight is 341 g/mol. The molecule has 0 bridgehead atoms. The Kier molecular flexibility index (Phi) is 5.07.